The van der Waals surface area contributed by atoms with Crippen molar-refractivity contribution in [2.24, 2.45) is 5.92 Å². The summed E-state index contributed by atoms with van der Waals surface area (Å²) in [5.41, 5.74) is 0. The molecule has 21 heavy (non-hydrogen) atoms. The van der Waals surface area contributed by atoms with Gasteiger partial charge in [-0.1, -0.05) is 0 Å². The van der Waals surface area contributed by atoms with Crippen LogP contribution in [0.4, 0.5) is 0 Å². The Morgan fingerprint density at radius 2 is 1.86 bits per heavy atom. The zero-order valence-corrected chi connectivity index (χ0v) is 12.6. The number of amides is 1. The third-order valence-electron chi connectivity index (χ3n) is 4.59. The summed E-state index contributed by atoms with van der Waals surface area (Å²) in [6.07, 6.45) is 8.96. The third-order valence-corrected chi connectivity index (χ3v) is 4.59. The maximum absolute atomic E-state index is 11.9. The molecule has 0 bridgehead atoms. The van der Waals surface area contributed by atoms with Gasteiger partial charge in [0.1, 0.15) is 5.82 Å². The van der Waals surface area contributed by atoms with E-state index in [1.165, 1.54) is 19.3 Å². The molecule has 5 nitrogen and oxygen atoms in total. The minimum absolute atomic E-state index is 0.362. The van der Waals surface area contributed by atoms with Gasteiger partial charge in [-0.15, -0.1) is 0 Å². The van der Waals surface area contributed by atoms with E-state index in [1.54, 1.807) is 12.4 Å². The Morgan fingerprint density at radius 3 is 2.57 bits per heavy atom. The molecule has 0 atom stereocenters. The van der Waals surface area contributed by atoms with Gasteiger partial charge >= 0.3 is 0 Å². The van der Waals surface area contributed by atoms with Crippen molar-refractivity contribution >= 4 is 5.91 Å². The largest absolute Gasteiger partial charge is 0.342 e. The van der Waals surface area contributed by atoms with Crippen molar-refractivity contribution in [2.45, 2.75) is 38.6 Å². The zero-order valence-electron chi connectivity index (χ0n) is 12.6. The van der Waals surface area contributed by atoms with Crippen LogP contribution in [0.1, 0.15) is 37.9 Å². The highest BCUT2D eigenvalue weighted by molar-refractivity contribution is 5.76. The first-order valence-electron chi connectivity index (χ1n) is 8.07. The number of carbonyl (C=O) groups is 1. The Labute approximate surface area is 126 Å². The molecule has 0 N–H and O–H groups in total. The highest BCUT2D eigenvalue weighted by Gasteiger charge is 2.25. The van der Waals surface area contributed by atoms with Gasteiger partial charge in [0.05, 0.1) is 6.54 Å². The molecular weight excluding hydrogens is 264 g/mol. The van der Waals surface area contributed by atoms with Crippen molar-refractivity contribution in [3.8, 4) is 0 Å². The highest BCUT2D eigenvalue weighted by atomic mass is 16.2. The minimum Gasteiger partial charge on any atom is -0.342 e. The van der Waals surface area contributed by atoms with Crippen LogP contribution in [0.25, 0.3) is 0 Å². The second kappa shape index (κ2) is 6.98. The molecule has 1 amide bonds. The first kappa shape index (κ1) is 14.4. The third kappa shape index (κ3) is 4.00. The van der Waals surface area contributed by atoms with E-state index in [2.05, 4.69) is 19.8 Å². The lowest BCUT2D eigenvalue weighted by molar-refractivity contribution is -0.134. The Hall–Kier alpha value is -1.49. The average molecular weight is 288 g/mol. The van der Waals surface area contributed by atoms with Gasteiger partial charge in [0.2, 0.25) is 5.91 Å². The fourth-order valence-electron chi connectivity index (χ4n) is 3.31. The standard InChI is InChI=1S/C16H24N4O/c21-16-4-1-2-9-20(16)12-14-5-10-19(11-6-14)13-15-17-7-3-8-18-15/h3,7-8,14H,1-2,4-6,9-13H2. The van der Waals surface area contributed by atoms with Gasteiger partial charge in [0, 0.05) is 31.9 Å². The quantitative estimate of drug-likeness (QED) is 0.846. The smallest absolute Gasteiger partial charge is 0.222 e. The van der Waals surface area contributed by atoms with Crippen LogP contribution < -0.4 is 0 Å². The van der Waals surface area contributed by atoms with Crippen LogP contribution in [0.2, 0.25) is 0 Å². The molecule has 0 spiro atoms. The first-order chi connectivity index (χ1) is 10.3. The van der Waals surface area contributed by atoms with E-state index in [1.807, 2.05) is 6.07 Å². The van der Waals surface area contributed by atoms with Crippen LogP contribution in [-0.2, 0) is 11.3 Å². The first-order valence-corrected chi connectivity index (χ1v) is 8.07. The van der Waals surface area contributed by atoms with Crippen molar-refractivity contribution in [3.05, 3.63) is 24.3 Å². The maximum atomic E-state index is 11.9. The molecule has 2 aliphatic heterocycles. The minimum atomic E-state index is 0.362. The Kier molecular flexibility index (Phi) is 4.80. The van der Waals surface area contributed by atoms with Crippen molar-refractivity contribution in [1.29, 1.82) is 0 Å². The number of piperidine rings is 2. The van der Waals surface area contributed by atoms with Crippen LogP contribution in [0, 0.1) is 5.92 Å². The number of nitrogens with zero attached hydrogens (tertiary/aromatic N) is 4. The molecule has 0 aliphatic carbocycles. The van der Waals surface area contributed by atoms with Crippen molar-refractivity contribution in [1.82, 2.24) is 19.8 Å². The molecule has 5 heteroatoms. The van der Waals surface area contributed by atoms with E-state index in [4.69, 9.17) is 0 Å². The fourth-order valence-corrected chi connectivity index (χ4v) is 3.31. The summed E-state index contributed by atoms with van der Waals surface area (Å²) >= 11 is 0. The summed E-state index contributed by atoms with van der Waals surface area (Å²) in [5, 5.41) is 0. The summed E-state index contributed by atoms with van der Waals surface area (Å²) in [7, 11) is 0. The van der Waals surface area contributed by atoms with E-state index >= 15 is 0 Å². The Balaban J connectivity index is 1.43. The van der Waals surface area contributed by atoms with Crippen LogP contribution in [0.5, 0.6) is 0 Å². The molecule has 3 rings (SSSR count). The number of likely N-dealkylation sites (tertiary alicyclic amines) is 2. The highest BCUT2D eigenvalue weighted by Crippen LogP contribution is 2.21. The lowest BCUT2D eigenvalue weighted by Gasteiger charge is -2.35. The fraction of sp³-hybridized carbons (Fsp3) is 0.688. The van der Waals surface area contributed by atoms with Gasteiger partial charge in [-0.2, -0.15) is 0 Å². The second-order valence-corrected chi connectivity index (χ2v) is 6.18. The monoisotopic (exact) mass is 288 g/mol. The van der Waals surface area contributed by atoms with E-state index in [9.17, 15) is 4.79 Å². The molecule has 114 valence electrons. The van der Waals surface area contributed by atoms with Gasteiger partial charge in [-0.3, -0.25) is 9.69 Å². The molecule has 2 saturated heterocycles. The number of rotatable bonds is 4. The SMILES string of the molecule is O=C1CCCCN1CC1CCN(Cc2ncccn2)CC1. The van der Waals surface area contributed by atoms with E-state index in [0.29, 0.717) is 11.8 Å². The zero-order chi connectivity index (χ0) is 14.5. The molecule has 2 aliphatic rings. The molecule has 0 unspecified atom stereocenters. The summed E-state index contributed by atoms with van der Waals surface area (Å²) in [4.78, 5) is 25.0. The van der Waals surface area contributed by atoms with E-state index in [-0.39, 0.29) is 0 Å². The summed E-state index contributed by atoms with van der Waals surface area (Å²) in [6, 6.07) is 1.85. The number of hydrogen-bond acceptors (Lipinski definition) is 4. The topological polar surface area (TPSA) is 49.3 Å². The molecule has 1 aromatic rings. The van der Waals surface area contributed by atoms with Gasteiger partial charge in [0.25, 0.3) is 0 Å². The van der Waals surface area contributed by atoms with Crippen molar-refractivity contribution in [2.75, 3.05) is 26.2 Å². The van der Waals surface area contributed by atoms with Crippen LogP contribution in [0.15, 0.2) is 18.5 Å². The second-order valence-electron chi connectivity index (χ2n) is 6.18. The van der Waals surface area contributed by atoms with E-state index < -0.39 is 0 Å². The summed E-state index contributed by atoms with van der Waals surface area (Å²) in [5.74, 6) is 1.93. The summed E-state index contributed by atoms with van der Waals surface area (Å²) < 4.78 is 0. The lowest BCUT2D eigenvalue weighted by Crippen LogP contribution is -2.42. The molecule has 0 aromatic carbocycles. The molecule has 2 fully saturated rings. The molecular formula is C16H24N4O. The van der Waals surface area contributed by atoms with Crippen molar-refractivity contribution in [3.63, 3.8) is 0 Å². The van der Waals surface area contributed by atoms with Crippen LogP contribution in [0.3, 0.4) is 0 Å². The number of aromatic nitrogens is 2. The molecule has 1 aromatic heterocycles. The number of hydrogen-bond donors (Lipinski definition) is 0. The van der Waals surface area contributed by atoms with Gasteiger partial charge in [-0.25, -0.2) is 9.97 Å². The molecule has 0 radical (unpaired) electrons. The predicted molar refractivity (Wildman–Crippen MR) is 80.5 cm³/mol. The number of carbonyl (C=O) groups excluding carboxylic acids is 1. The van der Waals surface area contributed by atoms with E-state index in [0.717, 1.165) is 51.4 Å². The van der Waals surface area contributed by atoms with Gasteiger partial charge < -0.3 is 4.90 Å². The van der Waals surface area contributed by atoms with Gasteiger partial charge in [0.15, 0.2) is 0 Å². The Bertz CT molecular complexity index is 457. The lowest BCUT2D eigenvalue weighted by atomic mass is 9.95. The molecule has 0 saturated carbocycles. The van der Waals surface area contributed by atoms with Crippen molar-refractivity contribution < 1.29 is 4.79 Å². The van der Waals surface area contributed by atoms with Gasteiger partial charge in [-0.05, 0) is 50.8 Å². The Morgan fingerprint density at radius 1 is 1.10 bits per heavy atom. The molecule has 3 heterocycles. The predicted octanol–water partition coefficient (Wildman–Crippen LogP) is 1.70. The maximum Gasteiger partial charge on any atom is 0.222 e. The average Bonchev–Trinajstić information content (AvgIpc) is 2.52. The summed E-state index contributed by atoms with van der Waals surface area (Å²) in [6.45, 7) is 4.96. The normalized spacial score (nSPS) is 21.7. The van der Waals surface area contributed by atoms with Crippen LogP contribution in [-0.4, -0.2) is 51.9 Å². The van der Waals surface area contributed by atoms with Crippen LogP contribution >= 0.6 is 0 Å².